The highest BCUT2D eigenvalue weighted by atomic mass is 16.5. The van der Waals surface area contributed by atoms with Crippen LogP contribution in [0.15, 0.2) is 36.5 Å². The van der Waals surface area contributed by atoms with E-state index in [1.54, 1.807) is 19.2 Å². The Morgan fingerprint density at radius 1 is 1.25 bits per heavy atom. The Labute approximate surface area is 165 Å². The second-order valence-electron chi connectivity index (χ2n) is 7.14. The van der Waals surface area contributed by atoms with Crippen LogP contribution in [0, 0.1) is 6.92 Å². The van der Waals surface area contributed by atoms with Gasteiger partial charge in [0.15, 0.2) is 0 Å². The molecule has 3 rings (SSSR count). The topological polar surface area (TPSA) is 71.5 Å². The predicted octanol–water partition coefficient (Wildman–Crippen LogP) is 4.06. The fourth-order valence-electron chi connectivity index (χ4n) is 3.64. The Balaban J connectivity index is 1.80. The maximum atomic E-state index is 13.0. The molecule has 148 valence electrons. The molecule has 1 N–H and O–H groups in total. The molecule has 6 nitrogen and oxygen atoms in total. The molecule has 28 heavy (non-hydrogen) atoms. The molecule has 0 bridgehead atoms. The number of nitrogens with zero attached hydrogens (tertiary/aromatic N) is 2. The van der Waals surface area contributed by atoms with Crippen LogP contribution in [0.25, 0.3) is 0 Å². The monoisotopic (exact) mass is 381 g/mol. The summed E-state index contributed by atoms with van der Waals surface area (Å²) in [6, 6.07) is 9.01. The summed E-state index contributed by atoms with van der Waals surface area (Å²) >= 11 is 0. The number of piperidine rings is 1. The van der Waals surface area contributed by atoms with Crippen LogP contribution in [0.1, 0.15) is 59.0 Å². The van der Waals surface area contributed by atoms with Gasteiger partial charge in [-0.05, 0) is 62.4 Å². The lowest BCUT2D eigenvalue weighted by Crippen LogP contribution is -2.43. The maximum Gasteiger partial charge on any atom is 0.272 e. The number of carbonyl (C=O) groups excluding carboxylic acids is 2. The molecule has 0 saturated carbocycles. The molecule has 1 atom stereocenters. The summed E-state index contributed by atoms with van der Waals surface area (Å²) in [7, 11) is 1.56. The van der Waals surface area contributed by atoms with Gasteiger partial charge in [0, 0.05) is 24.3 Å². The summed E-state index contributed by atoms with van der Waals surface area (Å²) in [4.78, 5) is 31.8. The van der Waals surface area contributed by atoms with E-state index in [1.807, 2.05) is 30.0 Å². The van der Waals surface area contributed by atoms with Gasteiger partial charge in [0.1, 0.15) is 11.4 Å². The van der Waals surface area contributed by atoms with Crippen molar-refractivity contribution in [3.63, 3.8) is 0 Å². The van der Waals surface area contributed by atoms with E-state index in [4.69, 9.17) is 4.74 Å². The van der Waals surface area contributed by atoms with Crippen molar-refractivity contribution in [3.8, 4) is 5.75 Å². The van der Waals surface area contributed by atoms with Gasteiger partial charge in [0.25, 0.3) is 11.8 Å². The molecule has 6 heteroatoms. The molecule has 2 aromatic rings. The Bertz CT molecular complexity index is 866. The zero-order valence-corrected chi connectivity index (χ0v) is 16.7. The van der Waals surface area contributed by atoms with Gasteiger partial charge in [0.05, 0.1) is 12.8 Å². The minimum absolute atomic E-state index is 0.102. The third-order valence-corrected chi connectivity index (χ3v) is 5.20. The van der Waals surface area contributed by atoms with Gasteiger partial charge in [-0.1, -0.05) is 13.0 Å². The van der Waals surface area contributed by atoms with E-state index >= 15 is 0 Å². The van der Waals surface area contributed by atoms with Crippen molar-refractivity contribution in [1.29, 1.82) is 0 Å². The molecule has 2 heterocycles. The zero-order chi connectivity index (χ0) is 20.1. The van der Waals surface area contributed by atoms with E-state index in [-0.39, 0.29) is 17.9 Å². The first-order chi connectivity index (χ1) is 13.5. The highest BCUT2D eigenvalue weighted by Gasteiger charge is 2.27. The van der Waals surface area contributed by atoms with Crippen molar-refractivity contribution in [2.75, 3.05) is 19.0 Å². The molecule has 1 saturated heterocycles. The van der Waals surface area contributed by atoms with Crippen LogP contribution in [-0.4, -0.2) is 41.4 Å². The minimum Gasteiger partial charge on any atom is -0.495 e. The number of pyridine rings is 1. The van der Waals surface area contributed by atoms with Gasteiger partial charge in [-0.25, -0.2) is 0 Å². The number of hydrogen-bond donors (Lipinski definition) is 1. The van der Waals surface area contributed by atoms with Crippen LogP contribution in [0.3, 0.4) is 0 Å². The van der Waals surface area contributed by atoms with Gasteiger partial charge >= 0.3 is 0 Å². The summed E-state index contributed by atoms with van der Waals surface area (Å²) < 4.78 is 5.31. The van der Waals surface area contributed by atoms with Crippen molar-refractivity contribution in [1.82, 2.24) is 9.88 Å². The summed E-state index contributed by atoms with van der Waals surface area (Å²) in [6.45, 7) is 4.79. The Morgan fingerprint density at radius 3 is 2.82 bits per heavy atom. The molecule has 0 spiro atoms. The molecule has 1 aromatic carbocycles. The lowest BCUT2D eigenvalue weighted by atomic mass is 9.99. The number of nitrogens with one attached hydrogen (secondary N) is 1. The fourth-order valence-corrected chi connectivity index (χ4v) is 3.64. The van der Waals surface area contributed by atoms with Crippen LogP contribution in [0.5, 0.6) is 5.75 Å². The number of anilines is 1. The first kappa shape index (κ1) is 19.9. The average Bonchev–Trinajstić information content (AvgIpc) is 2.73. The standard InChI is InChI=1S/C22H27N3O3/c1-4-17-7-5-6-12-25(17)22(27)19-14-16(10-11-23-19)21(26)24-18-13-15(2)8-9-20(18)28-3/h8-11,13-14,17H,4-7,12H2,1-3H3,(H,24,26). The summed E-state index contributed by atoms with van der Waals surface area (Å²) in [5.41, 5.74) is 2.31. The number of methoxy groups -OCH3 is 1. The van der Waals surface area contributed by atoms with E-state index in [9.17, 15) is 9.59 Å². The first-order valence-electron chi connectivity index (χ1n) is 9.76. The smallest absolute Gasteiger partial charge is 0.272 e. The molecule has 1 fully saturated rings. The molecular weight excluding hydrogens is 354 g/mol. The molecule has 2 amide bonds. The molecule has 1 unspecified atom stereocenters. The average molecular weight is 381 g/mol. The van der Waals surface area contributed by atoms with Gasteiger partial charge in [-0.15, -0.1) is 0 Å². The predicted molar refractivity (Wildman–Crippen MR) is 109 cm³/mol. The van der Waals surface area contributed by atoms with E-state index < -0.39 is 0 Å². The normalized spacial score (nSPS) is 16.5. The van der Waals surface area contributed by atoms with Crippen molar-refractivity contribution in [2.24, 2.45) is 0 Å². The number of likely N-dealkylation sites (tertiary alicyclic amines) is 1. The number of benzene rings is 1. The molecule has 0 radical (unpaired) electrons. The number of amides is 2. The van der Waals surface area contributed by atoms with Crippen LogP contribution in [0.4, 0.5) is 5.69 Å². The van der Waals surface area contributed by atoms with Crippen LogP contribution in [-0.2, 0) is 0 Å². The summed E-state index contributed by atoms with van der Waals surface area (Å²) in [5.74, 6) is 0.184. The third-order valence-electron chi connectivity index (χ3n) is 5.20. The van der Waals surface area contributed by atoms with Crippen LogP contribution >= 0.6 is 0 Å². The van der Waals surface area contributed by atoms with Crippen LogP contribution in [0.2, 0.25) is 0 Å². The minimum atomic E-state index is -0.300. The van der Waals surface area contributed by atoms with Crippen molar-refractivity contribution < 1.29 is 14.3 Å². The number of rotatable bonds is 5. The Morgan fingerprint density at radius 2 is 2.07 bits per heavy atom. The molecule has 1 aromatic heterocycles. The lowest BCUT2D eigenvalue weighted by Gasteiger charge is -2.35. The van der Waals surface area contributed by atoms with Crippen molar-refractivity contribution >= 4 is 17.5 Å². The molecule has 0 aliphatic carbocycles. The second kappa shape index (κ2) is 8.87. The third kappa shape index (κ3) is 4.32. The number of aromatic nitrogens is 1. The van der Waals surface area contributed by atoms with E-state index in [0.29, 0.717) is 22.7 Å². The highest BCUT2D eigenvalue weighted by molar-refractivity contribution is 6.06. The quantitative estimate of drug-likeness (QED) is 0.848. The largest absolute Gasteiger partial charge is 0.495 e. The highest BCUT2D eigenvalue weighted by Crippen LogP contribution is 2.26. The van der Waals surface area contributed by atoms with Crippen molar-refractivity contribution in [2.45, 2.75) is 45.6 Å². The Kier molecular flexibility index (Phi) is 6.29. The number of hydrogen-bond acceptors (Lipinski definition) is 4. The summed E-state index contributed by atoms with van der Waals surface area (Å²) in [6.07, 6.45) is 5.63. The maximum absolute atomic E-state index is 13.0. The fraction of sp³-hybridized carbons (Fsp3) is 0.409. The number of aryl methyl sites for hydroxylation is 1. The van der Waals surface area contributed by atoms with Gasteiger partial charge < -0.3 is 15.0 Å². The van der Waals surface area contributed by atoms with Crippen LogP contribution < -0.4 is 10.1 Å². The van der Waals surface area contributed by atoms with E-state index in [1.165, 1.54) is 6.20 Å². The first-order valence-corrected chi connectivity index (χ1v) is 9.76. The lowest BCUT2D eigenvalue weighted by molar-refractivity contribution is 0.0602. The molecule has 1 aliphatic rings. The number of carbonyl (C=O) groups is 2. The van der Waals surface area contributed by atoms with Gasteiger partial charge in [-0.2, -0.15) is 0 Å². The second-order valence-corrected chi connectivity index (χ2v) is 7.14. The molecular formula is C22H27N3O3. The summed E-state index contributed by atoms with van der Waals surface area (Å²) in [5, 5.41) is 2.87. The van der Waals surface area contributed by atoms with Gasteiger partial charge in [-0.3, -0.25) is 14.6 Å². The van der Waals surface area contributed by atoms with Gasteiger partial charge in [0.2, 0.25) is 0 Å². The SMILES string of the molecule is CCC1CCCCN1C(=O)c1cc(C(=O)Nc2cc(C)ccc2OC)ccn1. The Hall–Kier alpha value is -2.89. The van der Waals surface area contributed by atoms with E-state index in [0.717, 1.165) is 37.8 Å². The van der Waals surface area contributed by atoms with E-state index in [2.05, 4.69) is 17.2 Å². The zero-order valence-electron chi connectivity index (χ0n) is 16.7. The molecule has 1 aliphatic heterocycles. The number of ether oxygens (including phenoxy) is 1. The van der Waals surface area contributed by atoms with Crippen molar-refractivity contribution in [3.05, 3.63) is 53.3 Å².